The van der Waals surface area contributed by atoms with Gasteiger partial charge >= 0.3 is 6.03 Å². The molecule has 2 amide bonds. The normalized spacial score (nSPS) is 9.43. The molecule has 0 bridgehead atoms. The topological polar surface area (TPSA) is 41.5 Å². The highest BCUT2D eigenvalue weighted by Gasteiger charge is 1.82. The zero-order valence-electron chi connectivity index (χ0n) is 4.43. The number of nitrogens with zero attached hydrogens (tertiary/aromatic N) is 1. The van der Waals surface area contributed by atoms with Crippen molar-refractivity contribution in [3.63, 3.8) is 0 Å². The lowest BCUT2D eigenvalue weighted by molar-refractivity contribution is 0.251. The van der Waals surface area contributed by atoms with E-state index in [2.05, 4.69) is 10.3 Å². The largest absolute Gasteiger partial charge is 0.340 e. The van der Waals surface area contributed by atoms with Crippen LogP contribution in [0.15, 0.2) is 4.99 Å². The third-order valence-corrected chi connectivity index (χ3v) is 0.460. The van der Waals surface area contributed by atoms with Crippen LogP contribution in [0.4, 0.5) is 4.79 Å². The van der Waals surface area contributed by atoms with Crippen LogP contribution in [0.3, 0.4) is 0 Å². The second kappa shape index (κ2) is 3.33. The van der Waals surface area contributed by atoms with E-state index in [1.54, 1.807) is 6.92 Å². The average molecular weight is 100 g/mol. The van der Waals surface area contributed by atoms with Gasteiger partial charge in [0.25, 0.3) is 0 Å². The van der Waals surface area contributed by atoms with Gasteiger partial charge in [0.05, 0.1) is 0 Å². The lowest BCUT2D eigenvalue weighted by Gasteiger charge is -1.83. The number of carbonyl (C=O) groups is 1. The van der Waals surface area contributed by atoms with Gasteiger partial charge in [-0.25, -0.2) is 9.79 Å². The van der Waals surface area contributed by atoms with Gasteiger partial charge in [0.15, 0.2) is 0 Å². The maximum absolute atomic E-state index is 10.1. The van der Waals surface area contributed by atoms with E-state index in [1.807, 2.05) is 0 Å². The van der Waals surface area contributed by atoms with Crippen molar-refractivity contribution in [3.8, 4) is 0 Å². The van der Waals surface area contributed by atoms with E-state index in [-0.39, 0.29) is 6.03 Å². The Kier molecular flexibility index (Phi) is 2.92. The first-order valence-electron chi connectivity index (χ1n) is 2.01. The van der Waals surface area contributed by atoms with Gasteiger partial charge in [-0.05, 0) is 6.92 Å². The average Bonchev–Trinajstić information content (AvgIpc) is 1.68. The Labute approximate surface area is 42.4 Å². The molecule has 0 aliphatic rings. The van der Waals surface area contributed by atoms with Crippen LogP contribution in [0.25, 0.3) is 0 Å². The van der Waals surface area contributed by atoms with Gasteiger partial charge in [-0.3, -0.25) is 0 Å². The molecule has 1 N–H and O–H groups in total. The lowest BCUT2D eigenvalue weighted by Crippen LogP contribution is -2.12. The van der Waals surface area contributed by atoms with Crippen LogP contribution in [-0.2, 0) is 0 Å². The second-order valence-corrected chi connectivity index (χ2v) is 0.942. The molecule has 0 atom stereocenters. The number of hydrogen-bond acceptors (Lipinski definition) is 1. The molecule has 0 saturated heterocycles. The third kappa shape index (κ3) is 2.96. The van der Waals surface area contributed by atoms with Crippen LogP contribution in [0.2, 0.25) is 0 Å². The van der Waals surface area contributed by atoms with Gasteiger partial charge in [-0.15, -0.1) is 0 Å². The van der Waals surface area contributed by atoms with Crippen molar-refractivity contribution in [1.82, 2.24) is 5.32 Å². The molecule has 0 heterocycles. The molecule has 0 aliphatic heterocycles. The maximum Gasteiger partial charge on any atom is 0.340 e. The van der Waals surface area contributed by atoms with E-state index < -0.39 is 0 Å². The number of hydrogen-bond donors (Lipinski definition) is 1. The minimum atomic E-state index is -0.303. The summed E-state index contributed by atoms with van der Waals surface area (Å²) in [5, 5.41) is 2.33. The van der Waals surface area contributed by atoms with E-state index in [9.17, 15) is 4.79 Å². The number of amides is 2. The summed E-state index contributed by atoms with van der Waals surface area (Å²) < 4.78 is 0. The highest BCUT2D eigenvalue weighted by molar-refractivity contribution is 5.82. The van der Waals surface area contributed by atoms with Crippen molar-refractivity contribution in [2.24, 2.45) is 4.99 Å². The molecular formula is C4H8N2O. The summed E-state index contributed by atoms with van der Waals surface area (Å²) in [6, 6.07) is -0.303. The van der Waals surface area contributed by atoms with Crippen molar-refractivity contribution in [2.75, 3.05) is 7.05 Å². The van der Waals surface area contributed by atoms with E-state index in [1.165, 1.54) is 13.3 Å². The van der Waals surface area contributed by atoms with Crippen molar-refractivity contribution >= 4 is 12.2 Å². The molecule has 0 fully saturated rings. The predicted octanol–water partition coefficient (Wildman–Crippen LogP) is 0.417. The Hall–Kier alpha value is -0.860. The molecule has 3 heteroatoms. The fraction of sp³-hybridized carbons (Fsp3) is 0.500. The Bertz CT molecular complexity index is 87.7. The highest BCUT2D eigenvalue weighted by Crippen LogP contribution is 1.65. The van der Waals surface area contributed by atoms with Crippen molar-refractivity contribution in [1.29, 1.82) is 0 Å². The molecule has 0 aromatic heterocycles. The zero-order valence-corrected chi connectivity index (χ0v) is 4.43. The van der Waals surface area contributed by atoms with Crippen LogP contribution in [-0.4, -0.2) is 19.3 Å². The monoisotopic (exact) mass is 100 g/mol. The molecule has 3 nitrogen and oxygen atoms in total. The minimum Gasteiger partial charge on any atom is -0.339 e. The minimum absolute atomic E-state index is 0.303. The summed E-state index contributed by atoms with van der Waals surface area (Å²) in [6.45, 7) is 1.69. The van der Waals surface area contributed by atoms with Gasteiger partial charge in [0, 0.05) is 13.3 Å². The second-order valence-electron chi connectivity index (χ2n) is 0.942. The number of aliphatic imine (C=N–C) groups is 1. The summed E-state index contributed by atoms with van der Waals surface area (Å²) in [6.07, 6.45) is 1.44. The van der Waals surface area contributed by atoms with Gasteiger partial charge in [-0.2, -0.15) is 0 Å². The summed E-state index contributed by atoms with van der Waals surface area (Å²) in [5.41, 5.74) is 0. The number of urea groups is 1. The first-order chi connectivity index (χ1) is 3.31. The number of rotatable bonds is 0. The summed E-state index contributed by atoms with van der Waals surface area (Å²) in [5.74, 6) is 0. The first kappa shape index (κ1) is 6.14. The predicted molar refractivity (Wildman–Crippen MR) is 28.6 cm³/mol. The SMILES string of the molecule is CC=NC(=O)NC. The molecule has 0 aromatic rings. The molecular weight excluding hydrogens is 92.1 g/mol. The maximum atomic E-state index is 10.1. The highest BCUT2D eigenvalue weighted by atomic mass is 16.2. The van der Waals surface area contributed by atoms with Gasteiger partial charge in [0.1, 0.15) is 0 Å². The Balaban J connectivity index is 3.37. The molecule has 0 saturated carbocycles. The molecule has 7 heavy (non-hydrogen) atoms. The van der Waals surface area contributed by atoms with Gasteiger partial charge in [0.2, 0.25) is 0 Å². The van der Waals surface area contributed by atoms with Crippen molar-refractivity contribution in [2.45, 2.75) is 6.92 Å². The van der Waals surface area contributed by atoms with E-state index in [0.717, 1.165) is 0 Å². The summed E-state index contributed by atoms with van der Waals surface area (Å²) in [4.78, 5) is 13.5. The third-order valence-electron chi connectivity index (χ3n) is 0.460. The smallest absolute Gasteiger partial charge is 0.339 e. The van der Waals surface area contributed by atoms with Crippen molar-refractivity contribution < 1.29 is 4.79 Å². The first-order valence-corrected chi connectivity index (χ1v) is 2.01. The Morgan fingerprint density at radius 2 is 2.43 bits per heavy atom. The lowest BCUT2D eigenvalue weighted by atomic mass is 10.8. The molecule has 0 aliphatic carbocycles. The molecule has 0 rings (SSSR count). The summed E-state index contributed by atoms with van der Waals surface area (Å²) in [7, 11) is 1.54. The van der Waals surface area contributed by atoms with Crippen LogP contribution < -0.4 is 5.32 Å². The van der Waals surface area contributed by atoms with Crippen LogP contribution >= 0.6 is 0 Å². The van der Waals surface area contributed by atoms with Crippen LogP contribution in [0.5, 0.6) is 0 Å². The van der Waals surface area contributed by atoms with Crippen LogP contribution in [0, 0.1) is 0 Å². The van der Waals surface area contributed by atoms with Crippen LogP contribution in [0.1, 0.15) is 6.92 Å². The quantitative estimate of drug-likeness (QED) is 0.440. The summed E-state index contributed by atoms with van der Waals surface area (Å²) >= 11 is 0. The Morgan fingerprint density at radius 3 is 2.57 bits per heavy atom. The molecule has 0 spiro atoms. The molecule has 0 aromatic carbocycles. The van der Waals surface area contributed by atoms with Crippen molar-refractivity contribution in [3.05, 3.63) is 0 Å². The molecule has 0 unspecified atom stereocenters. The van der Waals surface area contributed by atoms with E-state index >= 15 is 0 Å². The Morgan fingerprint density at radius 1 is 1.86 bits per heavy atom. The number of carbonyl (C=O) groups excluding carboxylic acids is 1. The van der Waals surface area contributed by atoms with Gasteiger partial charge in [-0.1, -0.05) is 0 Å². The molecule has 0 radical (unpaired) electrons. The van der Waals surface area contributed by atoms with E-state index in [4.69, 9.17) is 0 Å². The fourth-order valence-electron chi connectivity index (χ4n) is 0.182. The fourth-order valence-corrected chi connectivity index (χ4v) is 0.182. The number of nitrogens with one attached hydrogen (secondary N) is 1. The molecule has 40 valence electrons. The standard InChI is InChI=1S/C4H8N2O/c1-3-6-4(7)5-2/h3H,1-2H3,(H,5,7). The van der Waals surface area contributed by atoms with E-state index in [0.29, 0.717) is 0 Å². The van der Waals surface area contributed by atoms with Gasteiger partial charge < -0.3 is 5.32 Å². The zero-order chi connectivity index (χ0) is 5.70.